The molecule has 1 spiro atoms. The normalized spacial score (nSPS) is 18.7. The molecule has 2 N–H and O–H groups in total. The highest BCUT2D eigenvalue weighted by Crippen LogP contribution is 2.34. The third-order valence-corrected chi connectivity index (χ3v) is 5.39. The van der Waals surface area contributed by atoms with Gasteiger partial charge in [-0.3, -0.25) is 14.5 Å². The minimum Gasteiger partial charge on any atom is -0.354 e. The quantitative estimate of drug-likeness (QED) is 0.767. The predicted molar refractivity (Wildman–Crippen MR) is 98.7 cm³/mol. The van der Waals surface area contributed by atoms with Crippen molar-refractivity contribution >= 4 is 17.8 Å². The van der Waals surface area contributed by atoms with E-state index in [0.717, 1.165) is 23.3 Å². The highest BCUT2D eigenvalue weighted by molar-refractivity contribution is 6.09. The number of carbonyl (C=O) groups excluding carboxylic acids is 3. The molecule has 26 heavy (non-hydrogen) atoms. The number of imide groups is 1. The lowest BCUT2D eigenvalue weighted by molar-refractivity contribution is -0.134. The van der Waals surface area contributed by atoms with Crippen molar-refractivity contribution in [2.45, 2.75) is 57.4 Å². The number of amides is 4. The second-order valence-electron chi connectivity index (χ2n) is 7.61. The Morgan fingerprint density at radius 1 is 1.19 bits per heavy atom. The molecule has 6 nitrogen and oxygen atoms in total. The highest BCUT2D eigenvalue weighted by Gasteiger charge is 2.52. The molecular weight excluding hydrogens is 330 g/mol. The molecular formula is C20H27N3O3. The molecule has 0 radical (unpaired) electrons. The third-order valence-electron chi connectivity index (χ3n) is 5.39. The summed E-state index contributed by atoms with van der Waals surface area (Å²) in [6, 6.07) is 7.91. The van der Waals surface area contributed by atoms with E-state index in [2.05, 4.69) is 48.7 Å². The predicted octanol–water partition coefficient (Wildman–Crippen LogP) is 2.33. The van der Waals surface area contributed by atoms with Crippen LogP contribution in [0, 0.1) is 0 Å². The maximum Gasteiger partial charge on any atom is 0.325 e. The summed E-state index contributed by atoms with van der Waals surface area (Å²) < 4.78 is 0. The van der Waals surface area contributed by atoms with Gasteiger partial charge >= 0.3 is 6.03 Å². The zero-order valence-corrected chi connectivity index (χ0v) is 15.5. The van der Waals surface area contributed by atoms with E-state index in [1.165, 1.54) is 5.56 Å². The van der Waals surface area contributed by atoms with Crippen molar-refractivity contribution in [1.82, 2.24) is 15.5 Å². The van der Waals surface area contributed by atoms with Crippen molar-refractivity contribution in [3.05, 3.63) is 35.4 Å². The monoisotopic (exact) mass is 357 g/mol. The Bertz CT molecular complexity index is 691. The Morgan fingerprint density at radius 3 is 2.46 bits per heavy atom. The first-order chi connectivity index (χ1) is 12.4. The number of hydrogen-bond donors (Lipinski definition) is 2. The van der Waals surface area contributed by atoms with Crippen LogP contribution in [0.2, 0.25) is 0 Å². The molecule has 1 saturated carbocycles. The van der Waals surface area contributed by atoms with E-state index < -0.39 is 11.6 Å². The Balaban J connectivity index is 1.47. The van der Waals surface area contributed by atoms with Crippen LogP contribution < -0.4 is 10.6 Å². The lowest BCUT2D eigenvalue weighted by Gasteiger charge is -2.19. The lowest BCUT2D eigenvalue weighted by atomic mass is 9.98. The summed E-state index contributed by atoms with van der Waals surface area (Å²) in [5.41, 5.74) is 1.68. The Morgan fingerprint density at radius 2 is 1.85 bits per heavy atom. The van der Waals surface area contributed by atoms with Gasteiger partial charge in [0.2, 0.25) is 5.91 Å². The fourth-order valence-electron chi connectivity index (χ4n) is 3.75. The molecule has 6 heteroatoms. The van der Waals surface area contributed by atoms with Crippen molar-refractivity contribution in [2.75, 3.05) is 13.1 Å². The van der Waals surface area contributed by atoms with Crippen molar-refractivity contribution in [3.8, 4) is 0 Å². The first kappa shape index (κ1) is 18.4. The Labute approximate surface area is 154 Å². The van der Waals surface area contributed by atoms with Gasteiger partial charge in [0.25, 0.3) is 5.91 Å². The first-order valence-electron chi connectivity index (χ1n) is 9.41. The molecule has 4 amide bonds. The van der Waals surface area contributed by atoms with E-state index >= 15 is 0 Å². The van der Waals surface area contributed by atoms with Gasteiger partial charge in [-0.25, -0.2) is 4.79 Å². The van der Waals surface area contributed by atoms with Crippen LogP contribution in [0.5, 0.6) is 0 Å². The summed E-state index contributed by atoms with van der Waals surface area (Å²) in [6.45, 7) is 4.58. The molecule has 140 valence electrons. The number of hydrogen-bond acceptors (Lipinski definition) is 3. The maximum absolute atomic E-state index is 12.5. The van der Waals surface area contributed by atoms with E-state index in [1.807, 2.05) is 0 Å². The summed E-state index contributed by atoms with van der Waals surface area (Å²) in [4.78, 5) is 37.8. The number of benzene rings is 1. The van der Waals surface area contributed by atoms with Crippen LogP contribution in [0.3, 0.4) is 0 Å². The van der Waals surface area contributed by atoms with Crippen molar-refractivity contribution in [1.29, 1.82) is 0 Å². The van der Waals surface area contributed by atoms with E-state index in [4.69, 9.17) is 0 Å². The molecule has 1 saturated heterocycles. The van der Waals surface area contributed by atoms with E-state index in [0.29, 0.717) is 31.7 Å². The van der Waals surface area contributed by atoms with Crippen LogP contribution in [0.4, 0.5) is 4.79 Å². The molecule has 1 heterocycles. The molecule has 1 aliphatic heterocycles. The van der Waals surface area contributed by atoms with Gasteiger partial charge in [-0.2, -0.15) is 0 Å². The summed E-state index contributed by atoms with van der Waals surface area (Å²) in [6.07, 6.45) is 3.92. The maximum atomic E-state index is 12.5. The van der Waals surface area contributed by atoms with Crippen molar-refractivity contribution in [2.24, 2.45) is 0 Å². The van der Waals surface area contributed by atoms with Gasteiger partial charge in [0, 0.05) is 6.54 Å². The zero-order valence-electron chi connectivity index (χ0n) is 15.5. The number of rotatable bonds is 6. The van der Waals surface area contributed by atoms with Crippen LogP contribution in [-0.2, 0) is 16.0 Å². The fraction of sp³-hybridized carbons (Fsp3) is 0.550. The van der Waals surface area contributed by atoms with E-state index in [9.17, 15) is 14.4 Å². The Hall–Kier alpha value is -2.37. The average Bonchev–Trinajstić information content (AvgIpc) is 3.16. The summed E-state index contributed by atoms with van der Waals surface area (Å²) in [7, 11) is 0. The summed E-state index contributed by atoms with van der Waals surface area (Å²) in [5, 5.41) is 5.59. The van der Waals surface area contributed by atoms with Crippen LogP contribution in [0.25, 0.3) is 0 Å². The fourth-order valence-corrected chi connectivity index (χ4v) is 3.75. The van der Waals surface area contributed by atoms with Crippen molar-refractivity contribution in [3.63, 3.8) is 0 Å². The van der Waals surface area contributed by atoms with Crippen LogP contribution in [-0.4, -0.2) is 41.4 Å². The van der Waals surface area contributed by atoms with Crippen LogP contribution in [0.15, 0.2) is 24.3 Å². The number of carbonyl (C=O) groups is 3. The molecule has 0 unspecified atom stereocenters. The molecule has 3 rings (SSSR count). The van der Waals surface area contributed by atoms with Gasteiger partial charge in [0.15, 0.2) is 0 Å². The Kier molecular flexibility index (Phi) is 5.30. The minimum absolute atomic E-state index is 0.210. The number of nitrogens with zero attached hydrogens (tertiary/aromatic N) is 1. The molecule has 2 aliphatic rings. The second kappa shape index (κ2) is 7.48. The summed E-state index contributed by atoms with van der Waals surface area (Å²) >= 11 is 0. The van der Waals surface area contributed by atoms with Gasteiger partial charge in [0.05, 0.1) is 0 Å². The third kappa shape index (κ3) is 3.74. The molecule has 1 aliphatic carbocycles. The topological polar surface area (TPSA) is 78.5 Å². The van der Waals surface area contributed by atoms with Gasteiger partial charge in [-0.05, 0) is 36.3 Å². The largest absolute Gasteiger partial charge is 0.354 e. The minimum atomic E-state index is -0.754. The highest BCUT2D eigenvalue weighted by atomic mass is 16.2. The number of nitrogens with one attached hydrogen (secondary N) is 2. The second-order valence-corrected chi connectivity index (χ2v) is 7.61. The SMILES string of the molecule is CC(C)c1ccc(CCNC(=O)CN2C(=O)NC3(CCCC3)C2=O)cc1. The molecule has 0 bridgehead atoms. The van der Waals surface area contributed by atoms with Gasteiger partial charge in [-0.1, -0.05) is 51.0 Å². The molecule has 2 fully saturated rings. The summed E-state index contributed by atoms with van der Waals surface area (Å²) in [5.74, 6) is -0.0576. The molecule has 1 aromatic rings. The molecule has 1 aromatic carbocycles. The molecule has 0 aromatic heterocycles. The smallest absolute Gasteiger partial charge is 0.325 e. The average molecular weight is 357 g/mol. The lowest BCUT2D eigenvalue weighted by Crippen LogP contribution is -2.45. The van der Waals surface area contributed by atoms with Crippen molar-refractivity contribution < 1.29 is 14.4 Å². The van der Waals surface area contributed by atoms with E-state index in [-0.39, 0.29) is 18.4 Å². The first-order valence-corrected chi connectivity index (χ1v) is 9.41. The van der Waals surface area contributed by atoms with Gasteiger partial charge in [0.1, 0.15) is 12.1 Å². The van der Waals surface area contributed by atoms with Gasteiger partial charge in [-0.15, -0.1) is 0 Å². The van der Waals surface area contributed by atoms with Crippen LogP contribution in [0.1, 0.15) is 56.6 Å². The van der Waals surface area contributed by atoms with Crippen LogP contribution >= 0.6 is 0 Å². The van der Waals surface area contributed by atoms with Gasteiger partial charge < -0.3 is 10.6 Å². The zero-order chi connectivity index (χ0) is 18.7. The standard InChI is InChI=1S/C20H27N3O3/c1-14(2)16-7-5-15(6-8-16)9-12-21-17(24)13-23-18(25)20(22-19(23)26)10-3-4-11-20/h5-8,14H,3-4,9-13H2,1-2H3,(H,21,24)(H,22,26). The number of urea groups is 1. The molecule has 0 atom stereocenters. The van der Waals surface area contributed by atoms with E-state index in [1.54, 1.807) is 0 Å².